The lowest BCUT2D eigenvalue weighted by Crippen LogP contribution is -2.13. The van der Waals surface area contributed by atoms with E-state index in [1.165, 1.54) is 114 Å². The molecular formula is C40H82O10S2. The molecule has 0 aromatic heterocycles. The van der Waals surface area contributed by atoms with Crippen LogP contribution in [-0.2, 0) is 47.4 Å². The van der Waals surface area contributed by atoms with Gasteiger partial charge in [0.15, 0.2) is 0 Å². The molecule has 0 saturated carbocycles. The highest BCUT2D eigenvalue weighted by Gasteiger charge is 1.98. The third-order valence-corrected chi connectivity index (χ3v) is 10.8. The first-order chi connectivity index (χ1) is 25.9. The zero-order valence-electron chi connectivity index (χ0n) is 33.8. The molecule has 0 radical (unpaired) electrons. The van der Waals surface area contributed by atoms with Gasteiger partial charge < -0.3 is 47.4 Å². The van der Waals surface area contributed by atoms with E-state index in [-0.39, 0.29) is 0 Å². The van der Waals surface area contributed by atoms with Crippen LogP contribution < -0.4 is 0 Å². The van der Waals surface area contributed by atoms with E-state index in [4.69, 9.17) is 47.4 Å². The fourth-order valence-corrected chi connectivity index (χ4v) is 7.42. The Labute approximate surface area is 328 Å². The van der Waals surface area contributed by atoms with Crippen LogP contribution in [0.15, 0.2) is 0 Å². The van der Waals surface area contributed by atoms with Gasteiger partial charge in [-0.2, -0.15) is 0 Å². The number of unbranched alkanes of at least 4 members (excludes halogenated alkanes) is 16. The van der Waals surface area contributed by atoms with Crippen molar-refractivity contribution in [3.63, 3.8) is 0 Å². The molecule has 0 spiro atoms. The molecule has 0 aliphatic rings. The molecular weight excluding hydrogens is 705 g/mol. The Balaban J connectivity index is 3.04. The van der Waals surface area contributed by atoms with Gasteiger partial charge >= 0.3 is 0 Å². The fraction of sp³-hybridized carbons (Fsp3) is 1.00. The van der Waals surface area contributed by atoms with Crippen molar-refractivity contribution in [3.8, 4) is 0 Å². The SMILES string of the molecule is COCCOCCOCCOCCOCCCCCCCCCCCSSCCCCCCCCCCCOCCOCCOCCOCCOC. The van der Waals surface area contributed by atoms with E-state index in [0.29, 0.717) is 106 Å². The topological polar surface area (TPSA) is 92.3 Å². The molecule has 0 aromatic rings. The first kappa shape index (κ1) is 52.3. The van der Waals surface area contributed by atoms with Crippen LogP contribution in [0, 0.1) is 0 Å². The summed E-state index contributed by atoms with van der Waals surface area (Å²) in [7, 11) is 7.52. The van der Waals surface area contributed by atoms with Crippen LogP contribution in [0.4, 0.5) is 0 Å². The Kier molecular flexibility index (Phi) is 51.6. The summed E-state index contributed by atoms with van der Waals surface area (Å²) in [5.74, 6) is 2.63. The summed E-state index contributed by atoms with van der Waals surface area (Å²) >= 11 is 0. The molecule has 10 nitrogen and oxygen atoms in total. The Bertz CT molecular complexity index is 563. The summed E-state index contributed by atoms with van der Waals surface area (Å²) in [6.45, 7) is 11.5. The van der Waals surface area contributed by atoms with E-state index < -0.39 is 0 Å². The minimum atomic E-state index is 0.592. The minimum absolute atomic E-state index is 0.592. The van der Waals surface area contributed by atoms with Crippen molar-refractivity contribution in [2.45, 2.75) is 116 Å². The van der Waals surface area contributed by atoms with Gasteiger partial charge in [-0.1, -0.05) is 111 Å². The van der Waals surface area contributed by atoms with E-state index in [1.807, 2.05) is 0 Å². The van der Waals surface area contributed by atoms with Gasteiger partial charge in [-0.3, -0.25) is 0 Å². The van der Waals surface area contributed by atoms with E-state index in [9.17, 15) is 0 Å². The van der Waals surface area contributed by atoms with Crippen LogP contribution in [0.2, 0.25) is 0 Å². The second-order valence-corrected chi connectivity index (χ2v) is 15.6. The Morgan fingerprint density at radius 1 is 0.212 bits per heavy atom. The first-order valence-corrected chi connectivity index (χ1v) is 23.2. The lowest BCUT2D eigenvalue weighted by molar-refractivity contribution is -0.00801. The molecule has 0 fully saturated rings. The quantitative estimate of drug-likeness (QED) is 0.0436. The number of hydrogen-bond donors (Lipinski definition) is 0. The molecule has 0 aromatic carbocycles. The largest absolute Gasteiger partial charge is 0.382 e. The standard InChI is InChI=1S/C40H82O10S2/c1-41-23-25-45-31-33-49-37-35-47-29-27-43-21-17-13-9-5-3-7-11-15-19-39-51-52-40-20-16-12-8-4-6-10-14-18-22-44-28-30-48-36-38-50-34-32-46-26-24-42-2/h3-40H2,1-2H3. The molecule has 0 saturated heterocycles. The molecule has 0 amide bonds. The average Bonchev–Trinajstić information content (AvgIpc) is 3.16. The van der Waals surface area contributed by atoms with Crippen molar-refractivity contribution in [1.29, 1.82) is 0 Å². The predicted molar refractivity (Wildman–Crippen MR) is 218 cm³/mol. The summed E-state index contributed by atoms with van der Waals surface area (Å²) in [6.07, 6.45) is 24.1. The molecule has 52 heavy (non-hydrogen) atoms. The van der Waals surface area contributed by atoms with E-state index in [1.54, 1.807) is 14.2 Å². The van der Waals surface area contributed by atoms with E-state index in [0.717, 1.165) is 26.1 Å². The first-order valence-electron chi connectivity index (χ1n) is 20.8. The van der Waals surface area contributed by atoms with E-state index in [2.05, 4.69) is 21.6 Å². The zero-order chi connectivity index (χ0) is 37.4. The van der Waals surface area contributed by atoms with Gasteiger partial charge in [-0.05, 0) is 25.7 Å². The highest BCUT2D eigenvalue weighted by atomic mass is 33.1. The van der Waals surface area contributed by atoms with Crippen molar-refractivity contribution < 1.29 is 47.4 Å². The maximum Gasteiger partial charge on any atom is 0.0701 e. The maximum absolute atomic E-state index is 5.68. The molecule has 0 heterocycles. The zero-order valence-corrected chi connectivity index (χ0v) is 35.4. The van der Waals surface area contributed by atoms with Gasteiger partial charge in [-0.25, -0.2) is 0 Å². The van der Waals surface area contributed by atoms with Gasteiger partial charge in [0.25, 0.3) is 0 Å². The fourth-order valence-electron chi connectivity index (χ4n) is 5.13. The molecule has 0 atom stereocenters. The van der Waals surface area contributed by atoms with E-state index >= 15 is 0 Å². The molecule has 0 unspecified atom stereocenters. The summed E-state index contributed by atoms with van der Waals surface area (Å²) in [5, 5.41) is 0. The molecule has 0 aliphatic carbocycles. The Morgan fingerprint density at radius 2 is 0.404 bits per heavy atom. The number of rotatable bonds is 49. The summed E-state index contributed by atoms with van der Waals surface area (Å²) in [5.41, 5.74) is 0. The van der Waals surface area contributed by atoms with Crippen molar-refractivity contribution in [2.24, 2.45) is 0 Å². The molecule has 0 bridgehead atoms. The maximum atomic E-state index is 5.68. The summed E-state index contributed by atoms with van der Waals surface area (Å²) in [4.78, 5) is 0. The van der Waals surface area contributed by atoms with Gasteiger partial charge in [0.2, 0.25) is 0 Å². The molecule has 0 aliphatic heterocycles. The van der Waals surface area contributed by atoms with Crippen LogP contribution in [-0.4, -0.2) is 145 Å². The third-order valence-electron chi connectivity index (χ3n) is 8.21. The number of ether oxygens (including phenoxy) is 10. The second kappa shape index (κ2) is 51.3. The second-order valence-electron chi connectivity index (χ2n) is 12.9. The Hall–Kier alpha value is 0.300. The van der Waals surface area contributed by atoms with Crippen LogP contribution in [0.5, 0.6) is 0 Å². The van der Waals surface area contributed by atoms with Gasteiger partial charge in [0.05, 0.1) is 106 Å². The minimum Gasteiger partial charge on any atom is -0.382 e. The summed E-state index contributed by atoms with van der Waals surface area (Å²) in [6, 6.07) is 0. The Morgan fingerprint density at radius 3 is 0.654 bits per heavy atom. The van der Waals surface area contributed by atoms with Crippen LogP contribution >= 0.6 is 21.6 Å². The monoisotopic (exact) mass is 787 g/mol. The average molecular weight is 787 g/mol. The molecule has 0 rings (SSSR count). The van der Waals surface area contributed by atoms with Crippen molar-refractivity contribution >= 4 is 21.6 Å². The van der Waals surface area contributed by atoms with Gasteiger partial charge in [0, 0.05) is 38.9 Å². The summed E-state index contributed by atoms with van der Waals surface area (Å²) < 4.78 is 53.8. The van der Waals surface area contributed by atoms with Crippen molar-refractivity contribution in [1.82, 2.24) is 0 Å². The lowest BCUT2D eigenvalue weighted by Gasteiger charge is -2.07. The highest BCUT2D eigenvalue weighted by Crippen LogP contribution is 2.25. The lowest BCUT2D eigenvalue weighted by atomic mass is 10.1. The van der Waals surface area contributed by atoms with Gasteiger partial charge in [0.1, 0.15) is 0 Å². The van der Waals surface area contributed by atoms with Crippen LogP contribution in [0.3, 0.4) is 0 Å². The molecule has 0 N–H and O–H groups in total. The third kappa shape index (κ3) is 50.3. The van der Waals surface area contributed by atoms with Crippen LogP contribution in [0.25, 0.3) is 0 Å². The van der Waals surface area contributed by atoms with Crippen molar-refractivity contribution in [2.75, 3.05) is 145 Å². The molecule has 12 heteroatoms. The predicted octanol–water partition coefficient (Wildman–Crippen LogP) is 8.82. The smallest absolute Gasteiger partial charge is 0.0701 e. The number of methoxy groups -OCH3 is 2. The molecule has 314 valence electrons. The van der Waals surface area contributed by atoms with Crippen LogP contribution in [0.1, 0.15) is 116 Å². The number of hydrogen-bond acceptors (Lipinski definition) is 12. The van der Waals surface area contributed by atoms with Gasteiger partial charge in [-0.15, -0.1) is 0 Å². The normalized spacial score (nSPS) is 11.7. The van der Waals surface area contributed by atoms with Crippen molar-refractivity contribution in [3.05, 3.63) is 0 Å². The highest BCUT2D eigenvalue weighted by molar-refractivity contribution is 8.76.